The molecule has 0 saturated carbocycles. The second-order valence-electron chi connectivity index (χ2n) is 5.18. The van der Waals surface area contributed by atoms with Crippen molar-refractivity contribution in [2.45, 2.75) is 19.9 Å². The molecule has 0 radical (unpaired) electrons. The molecular formula is C16H14Cl4N2O. The number of benzene rings is 1. The third-order valence-corrected chi connectivity index (χ3v) is 4.56. The zero-order valence-electron chi connectivity index (χ0n) is 12.5. The van der Waals surface area contributed by atoms with Gasteiger partial charge in [0.05, 0.1) is 6.42 Å². The van der Waals surface area contributed by atoms with Crippen molar-refractivity contribution in [1.82, 2.24) is 9.88 Å². The molecule has 0 saturated heterocycles. The molecule has 2 aromatic rings. The van der Waals surface area contributed by atoms with Crippen molar-refractivity contribution in [1.29, 1.82) is 0 Å². The summed E-state index contributed by atoms with van der Waals surface area (Å²) in [4.78, 5) is 18.1. The molecule has 7 heteroatoms. The summed E-state index contributed by atoms with van der Waals surface area (Å²) in [5.74, 6) is -0.134. The average molecular weight is 392 g/mol. The smallest absolute Gasteiger partial charge is 0.227 e. The summed E-state index contributed by atoms with van der Waals surface area (Å²) < 4.78 is 0. The van der Waals surface area contributed by atoms with Crippen LogP contribution in [0.2, 0.25) is 20.2 Å². The molecule has 1 amide bonds. The fourth-order valence-corrected chi connectivity index (χ4v) is 3.19. The maximum absolute atomic E-state index is 12.4. The van der Waals surface area contributed by atoms with E-state index in [9.17, 15) is 4.79 Å². The monoisotopic (exact) mass is 390 g/mol. The lowest BCUT2D eigenvalue weighted by atomic mass is 10.1. The van der Waals surface area contributed by atoms with E-state index in [0.717, 1.165) is 5.56 Å². The Kier molecular flexibility index (Phi) is 6.15. The molecule has 0 aliphatic rings. The van der Waals surface area contributed by atoms with Crippen LogP contribution in [-0.4, -0.2) is 22.8 Å². The van der Waals surface area contributed by atoms with Crippen molar-refractivity contribution in [3.05, 3.63) is 61.3 Å². The third-order valence-electron chi connectivity index (χ3n) is 3.32. The largest absolute Gasteiger partial charge is 0.341 e. The van der Waals surface area contributed by atoms with Gasteiger partial charge < -0.3 is 4.90 Å². The summed E-state index contributed by atoms with van der Waals surface area (Å²) in [5, 5.41) is 1.76. The van der Waals surface area contributed by atoms with Crippen molar-refractivity contribution in [3.8, 4) is 0 Å². The van der Waals surface area contributed by atoms with Crippen molar-refractivity contribution >= 4 is 52.3 Å². The topological polar surface area (TPSA) is 33.2 Å². The van der Waals surface area contributed by atoms with Gasteiger partial charge >= 0.3 is 0 Å². The van der Waals surface area contributed by atoms with Crippen molar-refractivity contribution in [2.24, 2.45) is 0 Å². The predicted octanol–water partition coefficient (Wildman–Crippen LogP) is 5.20. The first-order valence-electron chi connectivity index (χ1n) is 6.77. The molecule has 1 aromatic heterocycles. The molecule has 1 heterocycles. The maximum atomic E-state index is 12.4. The number of likely N-dealkylation sites (N-methyl/N-ethyl adjacent to an activating group) is 1. The van der Waals surface area contributed by atoms with Gasteiger partial charge in [0.15, 0.2) is 0 Å². The minimum Gasteiger partial charge on any atom is -0.341 e. The van der Waals surface area contributed by atoms with Crippen molar-refractivity contribution in [2.75, 3.05) is 7.05 Å². The van der Waals surface area contributed by atoms with Crippen LogP contribution in [0.4, 0.5) is 0 Å². The van der Waals surface area contributed by atoms with Crippen LogP contribution in [0, 0.1) is 6.92 Å². The van der Waals surface area contributed by atoms with Crippen LogP contribution in [0.25, 0.3) is 0 Å². The Labute approximate surface area is 155 Å². The number of halogens is 4. The predicted molar refractivity (Wildman–Crippen MR) is 95.6 cm³/mol. The van der Waals surface area contributed by atoms with Gasteiger partial charge in [0.1, 0.15) is 5.15 Å². The molecule has 0 fully saturated rings. The molecule has 0 unspecified atom stereocenters. The average Bonchev–Trinajstić information content (AvgIpc) is 2.45. The first-order valence-corrected chi connectivity index (χ1v) is 8.28. The molecule has 3 nitrogen and oxygen atoms in total. The Balaban J connectivity index is 2.11. The summed E-state index contributed by atoms with van der Waals surface area (Å²) in [7, 11) is 1.69. The van der Waals surface area contributed by atoms with Crippen molar-refractivity contribution < 1.29 is 4.79 Å². The van der Waals surface area contributed by atoms with Gasteiger partial charge in [-0.2, -0.15) is 0 Å². The zero-order chi connectivity index (χ0) is 17.1. The lowest BCUT2D eigenvalue weighted by molar-refractivity contribution is -0.129. The molecule has 0 atom stereocenters. The number of carbonyl (C=O) groups is 1. The minimum absolute atomic E-state index is 0.0760. The van der Waals surface area contributed by atoms with E-state index in [0.29, 0.717) is 32.9 Å². The molecule has 23 heavy (non-hydrogen) atoms. The van der Waals surface area contributed by atoms with Crippen LogP contribution in [0.1, 0.15) is 16.8 Å². The van der Waals surface area contributed by atoms with Crippen LogP contribution in [0.5, 0.6) is 0 Å². The fraction of sp³-hybridized carbons (Fsp3) is 0.250. The SMILES string of the molecule is Cc1cc(Cl)c(CC(=O)N(C)Cc2ccc(Cl)cc2Cl)c(Cl)n1. The number of aryl methyl sites for hydroxylation is 1. The molecule has 2 rings (SSSR count). The van der Waals surface area contributed by atoms with Gasteiger partial charge in [0, 0.05) is 39.9 Å². The molecule has 0 bridgehead atoms. The minimum atomic E-state index is -0.134. The van der Waals surface area contributed by atoms with Crippen LogP contribution >= 0.6 is 46.4 Å². The van der Waals surface area contributed by atoms with E-state index in [4.69, 9.17) is 46.4 Å². The van der Waals surface area contributed by atoms with Gasteiger partial charge in [-0.05, 0) is 30.7 Å². The Hall–Kier alpha value is -1.000. The first kappa shape index (κ1) is 18.3. The molecular weight excluding hydrogens is 378 g/mol. The van der Waals surface area contributed by atoms with E-state index in [1.807, 2.05) is 0 Å². The highest BCUT2D eigenvalue weighted by Gasteiger charge is 2.17. The lowest BCUT2D eigenvalue weighted by Gasteiger charge is -2.19. The molecule has 0 N–H and O–H groups in total. The van der Waals surface area contributed by atoms with E-state index in [2.05, 4.69) is 4.98 Å². The van der Waals surface area contributed by atoms with E-state index in [-0.39, 0.29) is 17.5 Å². The van der Waals surface area contributed by atoms with Crippen LogP contribution in [0.15, 0.2) is 24.3 Å². The quantitative estimate of drug-likeness (QED) is 0.670. The van der Waals surface area contributed by atoms with Gasteiger partial charge in [-0.1, -0.05) is 52.5 Å². The van der Waals surface area contributed by atoms with Crippen LogP contribution in [-0.2, 0) is 17.8 Å². The lowest BCUT2D eigenvalue weighted by Crippen LogP contribution is -2.28. The Morgan fingerprint density at radius 3 is 2.43 bits per heavy atom. The third kappa shape index (κ3) is 4.74. The number of amides is 1. The van der Waals surface area contributed by atoms with E-state index >= 15 is 0 Å². The second-order valence-corrected chi connectivity index (χ2v) is 6.79. The summed E-state index contributed by atoms with van der Waals surface area (Å²) in [5.41, 5.74) is 2.04. The van der Waals surface area contributed by atoms with Gasteiger partial charge in [-0.15, -0.1) is 0 Å². The van der Waals surface area contributed by atoms with Crippen LogP contribution in [0.3, 0.4) is 0 Å². The van der Waals surface area contributed by atoms with Gasteiger partial charge in [0.25, 0.3) is 0 Å². The molecule has 0 aliphatic heterocycles. The van der Waals surface area contributed by atoms with Gasteiger partial charge in [-0.25, -0.2) is 4.98 Å². The Bertz CT molecular complexity index is 726. The number of aromatic nitrogens is 1. The normalized spacial score (nSPS) is 10.7. The van der Waals surface area contributed by atoms with E-state index < -0.39 is 0 Å². The highest BCUT2D eigenvalue weighted by molar-refractivity contribution is 6.36. The Morgan fingerprint density at radius 1 is 1.13 bits per heavy atom. The van der Waals surface area contributed by atoms with E-state index in [1.165, 1.54) is 0 Å². The number of hydrogen-bond donors (Lipinski definition) is 0. The summed E-state index contributed by atoms with van der Waals surface area (Å²) in [6.07, 6.45) is 0.0760. The second kappa shape index (κ2) is 7.71. The molecule has 0 aliphatic carbocycles. The maximum Gasteiger partial charge on any atom is 0.227 e. The number of rotatable bonds is 4. The number of hydrogen-bond acceptors (Lipinski definition) is 2. The number of carbonyl (C=O) groups excluding carboxylic acids is 1. The van der Waals surface area contributed by atoms with E-state index in [1.54, 1.807) is 43.1 Å². The van der Waals surface area contributed by atoms with Crippen LogP contribution < -0.4 is 0 Å². The highest BCUT2D eigenvalue weighted by atomic mass is 35.5. The standard InChI is InChI=1S/C16H14Cl4N2O/c1-9-5-14(19)12(16(20)21-9)7-15(23)22(2)8-10-3-4-11(17)6-13(10)18/h3-6H,7-8H2,1-2H3. The highest BCUT2D eigenvalue weighted by Crippen LogP contribution is 2.26. The van der Waals surface area contributed by atoms with Crippen molar-refractivity contribution in [3.63, 3.8) is 0 Å². The number of pyridine rings is 1. The zero-order valence-corrected chi connectivity index (χ0v) is 15.6. The van der Waals surface area contributed by atoms with Gasteiger partial charge in [-0.3, -0.25) is 4.79 Å². The summed E-state index contributed by atoms with van der Waals surface area (Å²) in [6.45, 7) is 2.15. The Morgan fingerprint density at radius 2 is 1.83 bits per heavy atom. The summed E-state index contributed by atoms with van der Waals surface area (Å²) >= 11 is 24.2. The fourth-order valence-electron chi connectivity index (χ4n) is 2.06. The number of nitrogens with zero attached hydrogens (tertiary/aromatic N) is 2. The molecule has 0 spiro atoms. The first-order chi connectivity index (χ1) is 10.8. The molecule has 1 aromatic carbocycles. The summed E-state index contributed by atoms with van der Waals surface area (Å²) in [6, 6.07) is 6.86. The van der Waals surface area contributed by atoms with Gasteiger partial charge in [0.2, 0.25) is 5.91 Å². The molecule has 122 valence electrons.